The van der Waals surface area contributed by atoms with Crippen molar-refractivity contribution < 1.29 is 9.53 Å². The molecule has 1 fully saturated rings. The van der Waals surface area contributed by atoms with E-state index in [1.807, 2.05) is 18.3 Å². The molecule has 1 aromatic heterocycles. The van der Waals surface area contributed by atoms with Gasteiger partial charge in [0, 0.05) is 24.4 Å². The zero-order valence-electron chi connectivity index (χ0n) is 11.2. The minimum Gasteiger partial charge on any atom is -0.370 e. The second kappa shape index (κ2) is 4.89. The lowest BCUT2D eigenvalue weighted by atomic mass is 9.82. The fraction of sp³-hybridized carbons (Fsp3) is 0.643. The van der Waals surface area contributed by atoms with Crippen molar-refractivity contribution in [1.82, 2.24) is 4.90 Å². The maximum Gasteiger partial charge on any atom is 0.234 e. The summed E-state index contributed by atoms with van der Waals surface area (Å²) in [6, 6.07) is 2.04. The molecule has 1 saturated heterocycles. The van der Waals surface area contributed by atoms with E-state index in [2.05, 4.69) is 16.3 Å². The van der Waals surface area contributed by atoms with E-state index in [9.17, 15) is 4.79 Å². The average molecular weight is 280 g/mol. The SMILES string of the molecule is CC(C(N)=O)N1CCC2(CC1)OCCc1sccc12. The molecule has 3 heterocycles. The van der Waals surface area contributed by atoms with Crippen LogP contribution in [0.3, 0.4) is 0 Å². The molecule has 0 bridgehead atoms. The van der Waals surface area contributed by atoms with Gasteiger partial charge < -0.3 is 10.5 Å². The lowest BCUT2D eigenvalue weighted by molar-refractivity contribution is -0.128. The molecular formula is C14H20N2O2S. The van der Waals surface area contributed by atoms with Gasteiger partial charge in [-0.2, -0.15) is 0 Å². The fourth-order valence-electron chi connectivity index (χ4n) is 3.22. The topological polar surface area (TPSA) is 55.6 Å². The number of likely N-dealkylation sites (tertiary alicyclic amines) is 1. The highest BCUT2D eigenvalue weighted by Crippen LogP contribution is 2.43. The van der Waals surface area contributed by atoms with E-state index in [-0.39, 0.29) is 17.6 Å². The largest absolute Gasteiger partial charge is 0.370 e. The number of hydrogen-bond donors (Lipinski definition) is 1. The van der Waals surface area contributed by atoms with Crippen LogP contribution >= 0.6 is 11.3 Å². The molecule has 4 nitrogen and oxygen atoms in total. The van der Waals surface area contributed by atoms with Crippen molar-refractivity contribution in [2.45, 2.75) is 37.8 Å². The summed E-state index contributed by atoms with van der Waals surface area (Å²) in [6.07, 6.45) is 2.94. The fourth-order valence-corrected chi connectivity index (χ4v) is 4.17. The summed E-state index contributed by atoms with van der Waals surface area (Å²) in [5.41, 5.74) is 6.66. The van der Waals surface area contributed by atoms with Crippen molar-refractivity contribution in [3.8, 4) is 0 Å². The number of rotatable bonds is 2. The molecule has 2 aliphatic heterocycles. The van der Waals surface area contributed by atoms with Crippen LogP contribution in [-0.4, -0.2) is 36.5 Å². The monoisotopic (exact) mass is 280 g/mol. The van der Waals surface area contributed by atoms with Gasteiger partial charge >= 0.3 is 0 Å². The Hall–Kier alpha value is -0.910. The van der Waals surface area contributed by atoms with Crippen LogP contribution in [0.5, 0.6) is 0 Å². The van der Waals surface area contributed by atoms with Crippen molar-refractivity contribution >= 4 is 17.2 Å². The summed E-state index contributed by atoms with van der Waals surface area (Å²) in [6.45, 7) is 4.45. The molecule has 0 radical (unpaired) electrons. The maximum atomic E-state index is 11.3. The highest BCUT2D eigenvalue weighted by molar-refractivity contribution is 7.10. The first-order chi connectivity index (χ1) is 9.12. The number of primary amides is 1. The minimum atomic E-state index is -0.239. The van der Waals surface area contributed by atoms with Crippen molar-refractivity contribution in [2.24, 2.45) is 5.73 Å². The summed E-state index contributed by atoms with van der Waals surface area (Å²) in [4.78, 5) is 14.9. The molecule has 1 aromatic rings. The van der Waals surface area contributed by atoms with Gasteiger partial charge in [-0.25, -0.2) is 0 Å². The lowest BCUT2D eigenvalue weighted by Gasteiger charge is -2.45. The van der Waals surface area contributed by atoms with Crippen LogP contribution in [0.1, 0.15) is 30.2 Å². The van der Waals surface area contributed by atoms with Gasteiger partial charge in [-0.1, -0.05) is 0 Å². The predicted molar refractivity (Wildman–Crippen MR) is 75.1 cm³/mol. The second-order valence-electron chi connectivity index (χ2n) is 5.46. The van der Waals surface area contributed by atoms with Gasteiger partial charge in [0.2, 0.25) is 5.91 Å². The molecule has 0 aromatic carbocycles. The summed E-state index contributed by atoms with van der Waals surface area (Å²) in [5.74, 6) is -0.239. The Morgan fingerprint density at radius 1 is 1.53 bits per heavy atom. The van der Waals surface area contributed by atoms with Gasteiger partial charge in [-0.3, -0.25) is 9.69 Å². The van der Waals surface area contributed by atoms with Gasteiger partial charge in [0.25, 0.3) is 0 Å². The molecule has 2 N–H and O–H groups in total. The summed E-state index contributed by atoms with van der Waals surface area (Å²) < 4.78 is 6.14. The molecule has 104 valence electrons. The number of ether oxygens (including phenoxy) is 1. The van der Waals surface area contributed by atoms with E-state index in [1.54, 1.807) is 0 Å². The van der Waals surface area contributed by atoms with E-state index in [0.29, 0.717) is 0 Å². The Bertz CT molecular complexity index is 478. The number of amides is 1. The van der Waals surface area contributed by atoms with Crippen LogP contribution < -0.4 is 5.73 Å². The van der Waals surface area contributed by atoms with Gasteiger partial charge in [0.05, 0.1) is 18.2 Å². The number of fused-ring (bicyclic) bond motifs is 2. The van der Waals surface area contributed by atoms with Crippen molar-refractivity contribution in [3.05, 3.63) is 21.9 Å². The van der Waals surface area contributed by atoms with Gasteiger partial charge in [-0.15, -0.1) is 11.3 Å². The van der Waals surface area contributed by atoms with Crippen LogP contribution in [-0.2, 0) is 21.6 Å². The quantitative estimate of drug-likeness (QED) is 0.893. The molecule has 0 saturated carbocycles. The normalized spacial score (nSPS) is 24.1. The Morgan fingerprint density at radius 3 is 2.95 bits per heavy atom. The number of carbonyl (C=O) groups is 1. The van der Waals surface area contributed by atoms with Crippen LogP contribution in [0, 0.1) is 0 Å². The number of carbonyl (C=O) groups excluding carboxylic acids is 1. The van der Waals surface area contributed by atoms with Gasteiger partial charge in [0.1, 0.15) is 0 Å². The van der Waals surface area contributed by atoms with Crippen molar-refractivity contribution in [1.29, 1.82) is 0 Å². The molecule has 1 atom stereocenters. The third-order valence-electron chi connectivity index (χ3n) is 4.51. The first-order valence-corrected chi connectivity index (χ1v) is 7.74. The third kappa shape index (κ3) is 2.20. The molecule has 0 aliphatic carbocycles. The van der Waals surface area contributed by atoms with Crippen LogP contribution in [0.15, 0.2) is 11.4 Å². The van der Waals surface area contributed by atoms with Gasteiger partial charge in [0.15, 0.2) is 0 Å². The molecule has 19 heavy (non-hydrogen) atoms. The first kappa shape index (κ1) is 13.1. The van der Waals surface area contributed by atoms with Crippen molar-refractivity contribution in [3.63, 3.8) is 0 Å². The minimum absolute atomic E-state index is 0.110. The molecule has 5 heteroatoms. The molecular weight excluding hydrogens is 260 g/mol. The van der Waals surface area contributed by atoms with Gasteiger partial charge in [-0.05, 0) is 36.8 Å². The number of piperidine rings is 1. The first-order valence-electron chi connectivity index (χ1n) is 6.86. The summed E-state index contributed by atoms with van der Waals surface area (Å²) in [7, 11) is 0. The number of thiophene rings is 1. The van der Waals surface area contributed by atoms with E-state index in [0.717, 1.165) is 39.0 Å². The van der Waals surface area contributed by atoms with Crippen LogP contribution in [0.4, 0.5) is 0 Å². The molecule has 3 rings (SSSR count). The summed E-state index contributed by atoms with van der Waals surface area (Å²) >= 11 is 1.84. The molecule has 1 amide bonds. The van der Waals surface area contributed by atoms with E-state index < -0.39 is 0 Å². The molecule has 2 aliphatic rings. The lowest BCUT2D eigenvalue weighted by Crippen LogP contribution is -2.51. The third-order valence-corrected chi connectivity index (χ3v) is 5.49. The number of nitrogens with zero attached hydrogens (tertiary/aromatic N) is 1. The zero-order chi connectivity index (χ0) is 13.5. The molecule has 1 spiro atoms. The van der Waals surface area contributed by atoms with E-state index in [4.69, 9.17) is 10.5 Å². The predicted octanol–water partition coefficient (Wildman–Crippen LogP) is 1.49. The summed E-state index contributed by atoms with van der Waals surface area (Å²) in [5, 5.41) is 2.17. The van der Waals surface area contributed by atoms with Crippen molar-refractivity contribution in [2.75, 3.05) is 19.7 Å². The average Bonchev–Trinajstić information content (AvgIpc) is 2.89. The van der Waals surface area contributed by atoms with Crippen LogP contribution in [0.25, 0.3) is 0 Å². The Kier molecular flexibility index (Phi) is 3.37. The smallest absolute Gasteiger partial charge is 0.234 e. The highest BCUT2D eigenvalue weighted by Gasteiger charge is 2.42. The molecule has 1 unspecified atom stereocenters. The number of hydrogen-bond acceptors (Lipinski definition) is 4. The Balaban J connectivity index is 1.76. The highest BCUT2D eigenvalue weighted by atomic mass is 32.1. The Labute approximate surface area is 117 Å². The zero-order valence-corrected chi connectivity index (χ0v) is 12.0. The maximum absolute atomic E-state index is 11.3. The Morgan fingerprint density at radius 2 is 2.26 bits per heavy atom. The second-order valence-corrected chi connectivity index (χ2v) is 6.47. The standard InChI is InChI=1S/C14H20N2O2S/c1-10(13(15)17)16-6-4-14(5-7-16)11-3-9-19-12(11)2-8-18-14/h3,9-10H,2,4-8H2,1H3,(H2,15,17). The van der Waals surface area contributed by atoms with E-state index >= 15 is 0 Å². The van der Waals surface area contributed by atoms with Crippen LogP contribution in [0.2, 0.25) is 0 Å². The number of nitrogens with two attached hydrogens (primary N) is 1. The van der Waals surface area contributed by atoms with E-state index in [1.165, 1.54) is 10.4 Å².